The molecule has 1 heterocycles. The van der Waals surface area contributed by atoms with Gasteiger partial charge in [0, 0.05) is 6.54 Å². The fraction of sp³-hybridized carbons (Fsp3) is 0.867. The van der Waals surface area contributed by atoms with E-state index in [0.29, 0.717) is 18.8 Å². The Balaban J connectivity index is 2.28. The largest absolute Gasteiger partial charge is 0.340 e. The number of carbonyl (C=O) groups is 2. The van der Waals surface area contributed by atoms with E-state index >= 15 is 0 Å². The van der Waals surface area contributed by atoms with Crippen LogP contribution in [0.2, 0.25) is 0 Å². The van der Waals surface area contributed by atoms with E-state index in [1.807, 2.05) is 32.6 Å². The monoisotopic (exact) mass is 266 g/mol. The SMILES string of the molecule is CCC1(CC)NC(=O)C(C)(C)N(CC2CCC2)C1=O. The lowest BCUT2D eigenvalue weighted by molar-refractivity contribution is -0.163. The molecule has 0 unspecified atom stereocenters. The van der Waals surface area contributed by atoms with E-state index in [9.17, 15) is 9.59 Å². The Labute approximate surface area is 115 Å². The molecular formula is C15H26N2O2. The molecule has 1 saturated heterocycles. The van der Waals surface area contributed by atoms with Crippen molar-refractivity contribution in [3.8, 4) is 0 Å². The maximum Gasteiger partial charge on any atom is 0.249 e. The summed E-state index contributed by atoms with van der Waals surface area (Å²) in [6.07, 6.45) is 4.95. The molecule has 2 amide bonds. The molecule has 1 aliphatic heterocycles. The second-order valence-corrected chi connectivity index (χ2v) is 6.52. The van der Waals surface area contributed by atoms with Crippen LogP contribution in [-0.2, 0) is 9.59 Å². The molecule has 0 spiro atoms. The fourth-order valence-electron chi connectivity index (χ4n) is 3.03. The van der Waals surface area contributed by atoms with Crippen molar-refractivity contribution in [2.45, 2.75) is 70.9 Å². The zero-order valence-corrected chi connectivity index (χ0v) is 12.6. The van der Waals surface area contributed by atoms with Crippen molar-refractivity contribution in [3.63, 3.8) is 0 Å². The van der Waals surface area contributed by atoms with Gasteiger partial charge in [-0.25, -0.2) is 0 Å². The van der Waals surface area contributed by atoms with E-state index in [4.69, 9.17) is 0 Å². The van der Waals surface area contributed by atoms with Crippen LogP contribution in [0, 0.1) is 5.92 Å². The highest BCUT2D eigenvalue weighted by molar-refractivity contribution is 6.01. The first-order valence-corrected chi connectivity index (χ1v) is 7.52. The second kappa shape index (κ2) is 4.80. The van der Waals surface area contributed by atoms with Crippen molar-refractivity contribution in [2.75, 3.05) is 6.54 Å². The normalized spacial score (nSPS) is 26.0. The van der Waals surface area contributed by atoms with Gasteiger partial charge >= 0.3 is 0 Å². The number of nitrogens with zero attached hydrogens (tertiary/aromatic N) is 1. The topological polar surface area (TPSA) is 49.4 Å². The molecule has 108 valence electrons. The fourth-order valence-corrected chi connectivity index (χ4v) is 3.03. The summed E-state index contributed by atoms with van der Waals surface area (Å²) in [5.41, 5.74) is -1.41. The molecule has 2 aliphatic rings. The lowest BCUT2D eigenvalue weighted by Gasteiger charge is -2.51. The average Bonchev–Trinajstić information content (AvgIpc) is 2.32. The maximum atomic E-state index is 12.9. The molecule has 19 heavy (non-hydrogen) atoms. The zero-order chi connectivity index (χ0) is 14.3. The van der Waals surface area contributed by atoms with E-state index in [1.165, 1.54) is 19.3 Å². The third kappa shape index (κ3) is 2.15. The van der Waals surface area contributed by atoms with Crippen LogP contribution < -0.4 is 5.32 Å². The number of amides is 2. The molecule has 0 aromatic rings. The molecule has 1 N–H and O–H groups in total. The quantitative estimate of drug-likeness (QED) is 0.847. The molecule has 0 bridgehead atoms. The van der Waals surface area contributed by atoms with Crippen molar-refractivity contribution in [1.29, 1.82) is 0 Å². The molecule has 2 rings (SSSR count). The highest BCUT2D eigenvalue weighted by Crippen LogP contribution is 2.34. The minimum Gasteiger partial charge on any atom is -0.340 e. The Hall–Kier alpha value is -1.06. The number of hydrogen-bond acceptors (Lipinski definition) is 2. The Bertz CT molecular complexity index is 382. The highest BCUT2D eigenvalue weighted by atomic mass is 16.2. The molecule has 0 radical (unpaired) electrons. The molecular weight excluding hydrogens is 240 g/mol. The summed E-state index contributed by atoms with van der Waals surface area (Å²) in [7, 11) is 0. The molecule has 4 heteroatoms. The number of hydrogen-bond donors (Lipinski definition) is 1. The van der Waals surface area contributed by atoms with E-state index < -0.39 is 11.1 Å². The predicted octanol–water partition coefficient (Wildman–Crippen LogP) is 2.08. The van der Waals surface area contributed by atoms with Crippen LogP contribution in [0.25, 0.3) is 0 Å². The van der Waals surface area contributed by atoms with Gasteiger partial charge in [0.15, 0.2) is 0 Å². The van der Waals surface area contributed by atoms with Crippen molar-refractivity contribution < 1.29 is 9.59 Å². The highest BCUT2D eigenvalue weighted by Gasteiger charge is 2.53. The Morgan fingerprint density at radius 2 is 1.79 bits per heavy atom. The number of rotatable bonds is 4. The van der Waals surface area contributed by atoms with Gasteiger partial charge < -0.3 is 10.2 Å². The van der Waals surface area contributed by atoms with Gasteiger partial charge in [-0.2, -0.15) is 0 Å². The van der Waals surface area contributed by atoms with Crippen molar-refractivity contribution in [2.24, 2.45) is 5.92 Å². The molecule has 0 atom stereocenters. The summed E-state index contributed by atoms with van der Waals surface area (Å²) < 4.78 is 0. The van der Waals surface area contributed by atoms with Gasteiger partial charge in [0.2, 0.25) is 11.8 Å². The first-order valence-electron chi connectivity index (χ1n) is 7.52. The first kappa shape index (κ1) is 14.4. The Morgan fingerprint density at radius 1 is 1.21 bits per heavy atom. The van der Waals surface area contributed by atoms with E-state index in [2.05, 4.69) is 5.32 Å². The van der Waals surface area contributed by atoms with Crippen LogP contribution in [0.3, 0.4) is 0 Å². The van der Waals surface area contributed by atoms with Gasteiger partial charge in [-0.1, -0.05) is 20.3 Å². The summed E-state index contributed by atoms with van der Waals surface area (Å²) in [5.74, 6) is 0.671. The van der Waals surface area contributed by atoms with Gasteiger partial charge in [0.25, 0.3) is 0 Å². The number of piperazine rings is 1. The lowest BCUT2D eigenvalue weighted by atomic mass is 9.80. The minimum absolute atomic E-state index is 0.0184. The minimum atomic E-state index is -0.722. The first-order chi connectivity index (χ1) is 8.87. The van der Waals surface area contributed by atoms with Gasteiger partial charge in [0.1, 0.15) is 11.1 Å². The van der Waals surface area contributed by atoms with Crippen molar-refractivity contribution >= 4 is 11.8 Å². The van der Waals surface area contributed by atoms with Crippen LogP contribution in [0.5, 0.6) is 0 Å². The molecule has 0 aromatic heterocycles. The van der Waals surface area contributed by atoms with Crippen LogP contribution in [0.4, 0.5) is 0 Å². The summed E-state index contributed by atoms with van der Waals surface area (Å²) in [6.45, 7) is 8.40. The van der Waals surface area contributed by atoms with Gasteiger partial charge in [0.05, 0.1) is 0 Å². The van der Waals surface area contributed by atoms with Crippen LogP contribution in [-0.4, -0.2) is 34.3 Å². The summed E-state index contributed by atoms with van der Waals surface area (Å²) >= 11 is 0. The Kier molecular flexibility index (Phi) is 3.63. The number of carbonyl (C=O) groups excluding carboxylic acids is 2. The summed E-state index contributed by atoms with van der Waals surface area (Å²) in [4.78, 5) is 27.1. The van der Waals surface area contributed by atoms with Crippen molar-refractivity contribution in [1.82, 2.24) is 10.2 Å². The van der Waals surface area contributed by atoms with Crippen LogP contribution in [0.15, 0.2) is 0 Å². The summed E-state index contributed by atoms with van der Waals surface area (Å²) in [6, 6.07) is 0. The standard InChI is InChI=1S/C15H26N2O2/c1-5-15(6-2)13(19)17(10-11-8-7-9-11)14(3,4)12(18)16-15/h11H,5-10H2,1-4H3,(H,16,18). The van der Waals surface area contributed by atoms with Gasteiger partial charge in [-0.15, -0.1) is 0 Å². The zero-order valence-electron chi connectivity index (χ0n) is 12.6. The smallest absolute Gasteiger partial charge is 0.249 e. The van der Waals surface area contributed by atoms with Crippen LogP contribution in [0.1, 0.15) is 59.8 Å². The predicted molar refractivity (Wildman–Crippen MR) is 74.6 cm³/mol. The summed E-state index contributed by atoms with van der Waals surface area (Å²) in [5, 5.41) is 2.98. The molecule has 1 saturated carbocycles. The molecule has 4 nitrogen and oxygen atoms in total. The van der Waals surface area contributed by atoms with Gasteiger partial charge in [-0.3, -0.25) is 9.59 Å². The average molecular weight is 266 g/mol. The maximum absolute atomic E-state index is 12.9. The third-order valence-electron chi connectivity index (χ3n) is 5.11. The van der Waals surface area contributed by atoms with Gasteiger partial charge in [-0.05, 0) is 45.4 Å². The number of nitrogens with one attached hydrogen (secondary N) is 1. The Morgan fingerprint density at radius 3 is 2.21 bits per heavy atom. The second-order valence-electron chi connectivity index (χ2n) is 6.52. The molecule has 1 aliphatic carbocycles. The van der Waals surface area contributed by atoms with Crippen molar-refractivity contribution in [3.05, 3.63) is 0 Å². The van der Waals surface area contributed by atoms with Crippen LogP contribution >= 0.6 is 0 Å². The van der Waals surface area contributed by atoms with E-state index in [-0.39, 0.29) is 11.8 Å². The van der Waals surface area contributed by atoms with E-state index in [1.54, 1.807) is 0 Å². The van der Waals surface area contributed by atoms with E-state index in [0.717, 1.165) is 6.54 Å². The lowest BCUT2D eigenvalue weighted by Crippen LogP contribution is -2.74. The molecule has 2 fully saturated rings. The third-order valence-corrected chi connectivity index (χ3v) is 5.11. The molecule has 0 aromatic carbocycles.